The molecule has 74 valence electrons. The minimum absolute atomic E-state index is 0.535. The summed E-state index contributed by atoms with van der Waals surface area (Å²) in [6.07, 6.45) is 6.98. The average molecular weight is 192 g/mol. The van der Waals surface area contributed by atoms with Crippen LogP contribution in [-0.4, -0.2) is 14.7 Å². The van der Waals surface area contributed by atoms with Gasteiger partial charge in [0.05, 0.1) is 12.6 Å². The first-order valence-electron chi connectivity index (χ1n) is 4.53. The van der Waals surface area contributed by atoms with Gasteiger partial charge in [0, 0.05) is 18.9 Å². The van der Waals surface area contributed by atoms with Gasteiger partial charge in [-0.25, -0.2) is 4.98 Å². The molecular weight excluding hydrogens is 180 g/mol. The molecule has 2 heterocycles. The maximum atomic E-state index is 9.68. The Labute approximate surface area is 81.8 Å². The molecule has 0 amide bonds. The van der Waals surface area contributed by atoms with Gasteiger partial charge in [0.15, 0.2) is 0 Å². The first-order chi connectivity index (χ1) is 6.86. The molecule has 14 heavy (non-hydrogen) atoms. The Morgan fingerprint density at radius 3 is 3.14 bits per heavy atom. The van der Waals surface area contributed by atoms with Gasteiger partial charge in [-0.2, -0.15) is 0 Å². The summed E-state index contributed by atoms with van der Waals surface area (Å²) in [4.78, 5) is 3.92. The van der Waals surface area contributed by atoms with Crippen LogP contribution in [0.15, 0.2) is 41.5 Å². The lowest BCUT2D eigenvalue weighted by Gasteiger charge is -2.07. The first kappa shape index (κ1) is 9.02. The number of hydrogen-bond donors (Lipinski definition) is 1. The Kier molecular flexibility index (Phi) is 2.65. The quantitative estimate of drug-likeness (QED) is 0.800. The van der Waals surface area contributed by atoms with Crippen LogP contribution in [0.2, 0.25) is 0 Å². The van der Waals surface area contributed by atoms with Crippen LogP contribution in [0.4, 0.5) is 0 Å². The van der Waals surface area contributed by atoms with Gasteiger partial charge in [0.2, 0.25) is 0 Å². The number of aryl methyl sites for hydroxylation is 1. The number of rotatable bonds is 4. The molecule has 0 radical (unpaired) electrons. The lowest BCUT2D eigenvalue weighted by molar-refractivity contribution is 0.134. The summed E-state index contributed by atoms with van der Waals surface area (Å²) in [7, 11) is 0. The molecule has 0 saturated heterocycles. The molecule has 0 aliphatic rings. The number of nitrogens with zero attached hydrogens (tertiary/aromatic N) is 2. The number of hydrogen-bond acceptors (Lipinski definition) is 3. The van der Waals surface area contributed by atoms with E-state index < -0.39 is 6.10 Å². The third-order valence-corrected chi connectivity index (χ3v) is 2.09. The van der Waals surface area contributed by atoms with Gasteiger partial charge in [-0.15, -0.1) is 0 Å². The van der Waals surface area contributed by atoms with Crippen molar-refractivity contribution in [3.05, 3.63) is 42.9 Å². The molecule has 0 aliphatic carbocycles. The molecule has 0 spiro atoms. The van der Waals surface area contributed by atoms with E-state index >= 15 is 0 Å². The van der Waals surface area contributed by atoms with Gasteiger partial charge >= 0.3 is 0 Å². The Morgan fingerprint density at radius 2 is 2.50 bits per heavy atom. The summed E-state index contributed by atoms with van der Waals surface area (Å²) in [5.41, 5.74) is 0. The van der Waals surface area contributed by atoms with Crippen molar-refractivity contribution in [2.24, 2.45) is 0 Å². The zero-order valence-corrected chi connectivity index (χ0v) is 7.71. The van der Waals surface area contributed by atoms with Crippen molar-refractivity contribution in [3.63, 3.8) is 0 Å². The summed E-state index contributed by atoms with van der Waals surface area (Å²) < 4.78 is 7.01. The largest absolute Gasteiger partial charge is 0.467 e. The summed E-state index contributed by atoms with van der Waals surface area (Å²) >= 11 is 0. The van der Waals surface area contributed by atoms with Gasteiger partial charge in [0.1, 0.15) is 11.9 Å². The minimum atomic E-state index is -0.535. The zero-order valence-electron chi connectivity index (χ0n) is 7.71. The molecule has 1 atom stereocenters. The molecule has 1 unspecified atom stereocenters. The Hall–Kier alpha value is -1.55. The maximum Gasteiger partial charge on any atom is 0.132 e. The summed E-state index contributed by atoms with van der Waals surface area (Å²) in [5, 5.41) is 9.68. The molecule has 2 aromatic heterocycles. The zero-order chi connectivity index (χ0) is 9.80. The molecule has 0 fully saturated rings. The van der Waals surface area contributed by atoms with Crippen LogP contribution in [0.3, 0.4) is 0 Å². The second kappa shape index (κ2) is 4.11. The molecule has 0 aliphatic heterocycles. The molecule has 4 nitrogen and oxygen atoms in total. The van der Waals surface area contributed by atoms with Crippen molar-refractivity contribution < 1.29 is 9.52 Å². The van der Waals surface area contributed by atoms with E-state index in [0.29, 0.717) is 12.2 Å². The van der Waals surface area contributed by atoms with Crippen molar-refractivity contribution in [2.45, 2.75) is 19.1 Å². The van der Waals surface area contributed by atoms with Crippen molar-refractivity contribution in [2.75, 3.05) is 0 Å². The van der Waals surface area contributed by atoms with Gasteiger partial charge in [-0.1, -0.05) is 0 Å². The first-order valence-corrected chi connectivity index (χ1v) is 4.53. The minimum Gasteiger partial charge on any atom is -0.467 e. The van der Waals surface area contributed by atoms with Gasteiger partial charge in [0.25, 0.3) is 0 Å². The van der Waals surface area contributed by atoms with E-state index in [2.05, 4.69) is 4.98 Å². The van der Waals surface area contributed by atoms with Gasteiger partial charge in [-0.3, -0.25) is 0 Å². The number of furan rings is 1. The van der Waals surface area contributed by atoms with E-state index in [9.17, 15) is 5.11 Å². The van der Waals surface area contributed by atoms with Crippen LogP contribution >= 0.6 is 0 Å². The molecule has 2 rings (SSSR count). The highest BCUT2D eigenvalue weighted by Gasteiger charge is 2.09. The molecule has 4 heteroatoms. The van der Waals surface area contributed by atoms with Crippen molar-refractivity contribution in [3.8, 4) is 0 Å². The monoisotopic (exact) mass is 192 g/mol. The Balaban J connectivity index is 1.87. The number of imidazole rings is 1. The highest BCUT2D eigenvalue weighted by Crippen LogP contribution is 2.17. The van der Waals surface area contributed by atoms with Crippen LogP contribution in [-0.2, 0) is 6.54 Å². The van der Waals surface area contributed by atoms with E-state index in [0.717, 1.165) is 6.54 Å². The highest BCUT2D eigenvalue weighted by atomic mass is 16.4. The van der Waals surface area contributed by atoms with E-state index in [1.807, 2.05) is 10.8 Å². The molecular formula is C10H12N2O2. The third-order valence-electron chi connectivity index (χ3n) is 2.09. The van der Waals surface area contributed by atoms with E-state index in [1.54, 1.807) is 30.9 Å². The number of aliphatic hydroxyl groups excluding tert-OH is 1. The lowest BCUT2D eigenvalue weighted by atomic mass is 10.2. The van der Waals surface area contributed by atoms with Gasteiger partial charge in [-0.05, 0) is 18.6 Å². The second-order valence-electron chi connectivity index (χ2n) is 3.12. The highest BCUT2D eigenvalue weighted by molar-refractivity contribution is 5.01. The van der Waals surface area contributed by atoms with Crippen molar-refractivity contribution in [1.29, 1.82) is 0 Å². The summed E-state index contributed by atoms with van der Waals surface area (Å²) in [6.45, 7) is 0.738. The second-order valence-corrected chi connectivity index (χ2v) is 3.12. The lowest BCUT2D eigenvalue weighted by Crippen LogP contribution is -2.02. The maximum absolute atomic E-state index is 9.68. The van der Waals surface area contributed by atoms with E-state index in [4.69, 9.17) is 4.42 Å². The van der Waals surface area contributed by atoms with Crippen LogP contribution in [0.25, 0.3) is 0 Å². The predicted octanol–water partition coefficient (Wildman–Crippen LogP) is 1.60. The molecule has 2 aromatic rings. The van der Waals surface area contributed by atoms with Crippen LogP contribution < -0.4 is 0 Å². The van der Waals surface area contributed by atoms with Crippen molar-refractivity contribution in [1.82, 2.24) is 9.55 Å². The fourth-order valence-corrected chi connectivity index (χ4v) is 1.31. The fraction of sp³-hybridized carbons (Fsp3) is 0.300. The molecule has 0 bridgehead atoms. The normalized spacial score (nSPS) is 12.9. The fourth-order valence-electron chi connectivity index (χ4n) is 1.31. The molecule has 0 saturated carbocycles. The topological polar surface area (TPSA) is 51.2 Å². The Bertz CT molecular complexity index is 353. The van der Waals surface area contributed by atoms with Crippen LogP contribution in [0, 0.1) is 0 Å². The molecule has 1 N–H and O–H groups in total. The van der Waals surface area contributed by atoms with Crippen LogP contribution in [0.1, 0.15) is 18.3 Å². The van der Waals surface area contributed by atoms with Crippen molar-refractivity contribution >= 4 is 0 Å². The SMILES string of the molecule is OC(CCn1ccnc1)c1ccco1. The average Bonchev–Trinajstić information content (AvgIpc) is 2.87. The van der Waals surface area contributed by atoms with E-state index in [-0.39, 0.29) is 0 Å². The molecule has 0 aromatic carbocycles. The summed E-state index contributed by atoms with van der Waals surface area (Å²) in [6, 6.07) is 3.55. The predicted molar refractivity (Wildman–Crippen MR) is 50.5 cm³/mol. The number of aromatic nitrogens is 2. The smallest absolute Gasteiger partial charge is 0.132 e. The van der Waals surface area contributed by atoms with Crippen LogP contribution in [0.5, 0.6) is 0 Å². The third kappa shape index (κ3) is 2.03. The van der Waals surface area contributed by atoms with Gasteiger partial charge < -0.3 is 14.1 Å². The number of aliphatic hydroxyl groups is 1. The Morgan fingerprint density at radius 1 is 1.57 bits per heavy atom. The standard InChI is InChI=1S/C10H12N2O2/c13-9(10-2-1-7-14-10)3-5-12-6-4-11-8-12/h1-2,4,6-9,13H,3,5H2. The van der Waals surface area contributed by atoms with E-state index in [1.165, 1.54) is 0 Å². The summed E-state index contributed by atoms with van der Waals surface area (Å²) in [5.74, 6) is 0.616.